The van der Waals surface area contributed by atoms with Gasteiger partial charge in [0.1, 0.15) is 5.82 Å². The summed E-state index contributed by atoms with van der Waals surface area (Å²) in [4.78, 5) is 10.4. The molecule has 6 heteroatoms. The molecule has 0 aliphatic heterocycles. The maximum atomic E-state index is 5.31. The second kappa shape index (κ2) is 4.91. The van der Waals surface area contributed by atoms with Gasteiger partial charge in [-0.1, -0.05) is 0 Å². The summed E-state index contributed by atoms with van der Waals surface area (Å²) in [5.41, 5.74) is 6.48. The summed E-state index contributed by atoms with van der Waals surface area (Å²) in [7, 11) is 2.01. The fraction of sp³-hybridized carbons (Fsp3) is 0.200. The van der Waals surface area contributed by atoms with Gasteiger partial charge in [-0.25, -0.2) is 15.8 Å². The molecule has 0 bridgehead atoms. The van der Waals surface area contributed by atoms with Crippen molar-refractivity contribution in [2.45, 2.75) is 6.54 Å². The monoisotopic (exact) mass is 235 g/mol. The smallest absolute Gasteiger partial charge is 0.141 e. The van der Waals surface area contributed by atoms with Gasteiger partial charge in [-0.05, 0) is 6.07 Å². The maximum absolute atomic E-state index is 5.31. The first-order valence-corrected chi connectivity index (χ1v) is 5.75. The highest BCUT2D eigenvalue weighted by atomic mass is 32.1. The fourth-order valence-electron chi connectivity index (χ4n) is 1.39. The molecule has 16 heavy (non-hydrogen) atoms. The molecule has 0 atom stereocenters. The summed E-state index contributed by atoms with van der Waals surface area (Å²) in [6.07, 6.45) is 1.72. The van der Waals surface area contributed by atoms with E-state index in [0.717, 1.165) is 17.9 Å². The number of thiazole rings is 1. The molecule has 0 unspecified atom stereocenters. The van der Waals surface area contributed by atoms with Crippen molar-refractivity contribution in [1.29, 1.82) is 0 Å². The highest BCUT2D eigenvalue weighted by Crippen LogP contribution is 2.17. The molecule has 0 radical (unpaired) electrons. The third kappa shape index (κ3) is 2.47. The topological polar surface area (TPSA) is 67.1 Å². The van der Waals surface area contributed by atoms with E-state index in [1.807, 2.05) is 30.1 Å². The summed E-state index contributed by atoms with van der Waals surface area (Å²) in [5, 5.41) is 2.04. The van der Waals surface area contributed by atoms with Crippen molar-refractivity contribution in [1.82, 2.24) is 9.97 Å². The first kappa shape index (κ1) is 10.8. The van der Waals surface area contributed by atoms with Crippen molar-refractivity contribution in [3.8, 4) is 0 Å². The molecule has 2 aromatic heterocycles. The lowest BCUT2D eigenvalue weighted by atomic mass is 10.3. The minimum atomic E-state index is 0.655. The molecule has 0 amide bonds. The van der Waals surface area contributed by atoms with E-state index in [1.54, 1.807) is 17.5 Å². The van der Waals surface area contributed by atoms with E-state index < -0.39 is 0 Å². The number of nitrogens with one attached hydrogen (secondary N) is 1. The van der Waals surface area contributed by atoms with E-state index in [-0.39, 0.29) is 0 Å². The van der Waals surface area contributed by atoms with Gasteiger partial charge in [0.15, 0.2) is 0 Å². The Kier molecular flexibility index (Phi) is 3.33. The van der Waals surface area contributed by atoms with Gasteiger partial charge in [0, 0.05) is 30.4 Å². The van der Waals surface area contributed by atoms with Crippen LogP contribution in [0.5, 0.6) is 0 Å². The van der Waals surface area contributed by atoms with Gasteiger partial charge < -0.3 is 10.3 Å². The quantitative estimate of drug-likeness (QED) is 0.620. The summed E-state index contributed by atoms with van der Waals surface area (Å²) >= 11 is 1.60. The molecule has 0 aromatic carbocycles. The maximum Gasteiger partial charge on any atom is 0.141 e. The number of aromatic nitrogens is 2. The van der Waals surface area contributed by atoms with Gasteiger partial charge in [-0.2, -0.15) is 0 Å². The van der Waals surface area contributed by atoms with Crippen molar-refractivity contribution >= 4 is 22.8 Å². The number of hydrogen-bond donors (Lipinski definition) is 2. The average Bonchev–Trinajstić information content (AvgIpc) is 2.82. The van der Waals surface area contributed by atoms with Crippen molar-refractivity contribution in [2.75, 3.05) is 17.4 Å². The van der Waals surface area contributed by atoms with Gasteiger partial charge in [0.25, 0.3) is 0 Å². The number of nitrogens with zero attached hydrogens (tertiary/aromatic N) is 3. The number of hydrogen-bond acceptors (Lipinski definition) is 6. The molecule has 5 nitrogen and oxygen atoms in total. The van der Waals surface area contributed by atoms with Gasteiger partial charge in [-0.15, -0.1) is 11.3 Å². The lowest BCUT2D eigenvalue weighted by Crippen LogP contribution is -2.17. The number of anilines is 2. The number of hydrazine groups is 1. The predicted octanol–water partition coefficient (Wildman–Crippen LogP) is 1.46. The molecule has 84 valence electrons. The van der Waals surface area contributed by atoms with Crippen LogP contribution in [0.25, 0.3) is 0 Å². The minimum absolute atomic E-state index is 0.655. The molecule has 2 rings (SSSR count). The van der Waals surface area contributed by atoms with Crippen LogP contribution in [0.15, 0.2) is 29.2 Å². The Bertz CT molecular complexity index is 442. The van der Waals surface area contributed by atoms with Crippen LogP contribution in [0, 0.1) is 0 Å². The Balaban J connectivity index is 2.11. The first-order valence-electron chi connectivity index (χ1n) is 4.80. The normalized spacial score (nSPS) is 10.1. The molecule has 0 saturated carbocycles. The zero-order valence-corrected chi connectivity index (χ0v) is 9.74. The van der Waals surface area contributed by atoms with Crippen LogP contribution in [-0.4, -0.2) is 17.0 Å². The van der Waals surface area contributed by atoms with Crippen LogP contribution >= 0.6 is 11.3 Å². The highest BCUT2D eigenvalue weighted by molar-refractivity contribution is 7.07. The van der Waals surface area contributed by atoms with Crippen LogP contribution in [-0.2, 0) is 6.54 Å². The number of rotatable bonds is 4. The fourth-order valence-corrected chi connectivity index (χ4v) is 1.94. The van der Waals surface area contributed by atoms with Crippen LogP contribution in [0.3, 0.4) is 0 Å². The molecule has 2 heterocycles. The molecular formula is C10H13N5S. The molecule has 0 spiro atoms. The highest BCUT2D eigenvalue weighted by Gasteiger charge is 2.04. The van der Waals surface area contributed by atoms with E-state index in [0.29, 0.717) is 5.82 Å². The standard InChI is InChI=1S/C10H13N5S/c1-15(5-8-6-16-7-13-8)9-2-3-12-10(4-9)14-11/h2-4,6-7H,5,11H2,1H3,(H,12,14). The molecule has 0 aliphatic rings. The number of pyridine rings is 1. The predicted molar refractivity (Wildman–Crippen MR) is 66.3 cm³/mol. The van der Waals surface area contributed by atoms with Crippen LogP contribution in [0.4, 0.5) is 11.5 Å². The van der Waals surface area contributed by atoms with E-state index in [2.05, 4.69) is 20.3 Å². The Labute approximate surface area is 97.9 Å². The van der Waals surface area contributed by atoms with Crippen LogP contribution < -0.4 is 16.2 Å². The molecule has 0 fully saturated rings. The molecule has 2 aromatic rings. The van der Waals surface area contributed by atoms with Gasteiger partial charge >= 0.3 is 0 Å². The van der Waals surface area contributed by atoms with Gasteiger partial charge in [0.05, 0.1) is 17.7 Å². The summed E-state index contributed by atoms with van der Waals surface area (Å²) in [6, 6.07) is 3.83. The molecule has 0 aliphatic carbocycles. The lowest BCUT2D eigenvalue weighted by molar-refractivity contribution is 0.893. The van der Waals surface area contributed by atoms with Crippen LogP contribution in [0.2, 0.25) is 0 Å². The summed E-state index contributed by atoms with van der Waals surface area (Å²) in [5.74, 6) is 5.97. The van der Waals surface area contributed by atoms with Gasteiger partial charge in [-0.3, -0.25) is 0 Å². The molecule has 0 saturated heterocycles. The minimum Gasteiger partial charge on any atom is -0.369 e. The van der Waals surface area contributed by atoms with Crippen molar-refractivity contribution < 1.29 is 0 Å². The zero-order chi connectivity index (χ0) is 11.4. The summed E-state index contributed by atoms with van der Waals surface area (Å²) < 4.78 is 0. The van der Waals surface area contributed by atoms with Crippen molar-refractivity contribution in [3.63, 3.8) is 0 Å². The SMILES string of the molecule is CN(Cc1cscn1)c1ccnc(NN)c1. The largest absolute Gasteiger partial charge is 0.369 e. The van der Waals surface area contributed by atoms with E-state index in [9.17, 15) is 0 Å². The van der Waals surface area contributed by atoms with E-state index in [1.165, 1.54) is 0 Å². The second-order valence-corrected chi connectivity index (χ2v) is 4.10. The summed E-state index contributed by atoms with van der Waals surface area (Å²) in [6.45, 7) is 0.775. The van der Waals surface area contributed by atoms with Crippen molar-refractivity contribution in [3.05, 3.63) is 34.9 Å². The average molecular weight is 235 g/mol. The van der Waals surface area contributed by atoms with Gasteiger partial charge in [0.2, 0.25) is 0 Å². The second-order valence-electron chi connectivity index (χ2n) is 3.38. The Morgan fingerprint density at radius 1 is 1.50 bits per heavy atom. The Morgan fingerprint density at radius 2 is 2.38 bits per heavy atom. The number of nitrogen functional groups attached to an aromatic ring is 1. The number of nitrogens with two attached hydrogens (primary N) is 1. The van der Waals surface area contributed by atoms with Crippen molar-refractivity contribution in [2.24, 2.45) is 5.84 Å². The zero-order valence-electron chi connectivity index (χ0n) is 8.92. The molecular weight excluding hydrogens is 222 g/mol. The molecule has 3 N–H and O–H groups in total. The van der Waals surface area contributed by atoms with E-state index >= 15 is 0 Å². The Morgan fingerprint density at radius 3 is 3.06 bits per heavy atom. The van der Waals surface area contributed by atoms with E-state index in [4.69, 9.17) is 5.84 Å². The third-order valence-electron chi connectivity index (χ3n) is 2.21. The van der Waals surface area contributed by atoms with Crippen LogP contribution in [0.1, 0.15) is 5.69 Å². The Hall–Kier alpha value is -1.66. The first-order chi connectivity index (χ1) is 7.79. The third-order valence-corrected chi connectivity index (χ3v) is 2.85. The lowest BCUT2D eigenvalue weighted by Gasteiger charge is -2.18.